The average Bonchev–Trinajstić information content (AvgIpc) is 2.61. The number of ketones is 1. The van der Waals surface area contributed by atoms with Crippen molar-refractivity contribution < 1.29 is 23.9 Å². The molecule has 1 atom stereocenters. The molecule has 0 fully saturated rings. The van der Waals surface area contributed by atoms with Gasteiger partial charge in [0.2, 0.25) is 0 Å². The lowest BCUT2D eigenvalue weighted by Crippen LogP contribution is -2.18. The zero-order valence-corrected chi connectivity index (χ0v) is 15.4. The van der Waals surface area contributed by atoms with Crippen molar-refractivity contribution in [3.63, 3.8) is 0 Å². The highest BCUT2D eigenvalue weighted by atomic mass is 16.7. The molecule has 0 spiro atoms. The molecule has 5 heteroatoms. The number of unbranched alkanes of at least 4 members (excludes halogenated alkanes) is 4. The molecule has 5 nitrogen and oxygen atoms in total. The molecule has 1 unspecified atom stereocenters. The van der Waals surface area contributed by atoms with Crippen LogP contribution in [0.5, 0.6) is 5.75 Å². The van der Waals surface area contributed by atoms with Crippen LogP contribution in [0.2, 0.25) is 0 Å². The molecule has 0 aliphatic carbocycles. The van der Waals surface area contributed by atoms with Crippen LogP contribution in [0.25, 0.3) is 0 Å². The number of rotatable bonds is 11. The van der Waals surface area contributed by atoms with E-state index in [1.54, 1.807) is 13.0 Å². The Morgan fingerprint density at radius 3 is 2.48 bits per heavy atom. The molecule has 138 valence electrons. The minimum absolute atomic E-state index is 0.00618. The van der Waals surface area contributed by atoms with E-state index in [4.69, 9.17) is 9.47 Å². The number of hydrogen-bond donors (Lipinski definition) is 0. The molecule has 0 N–H and O–H groups in total. The summed E-state index contributed by atoms with van der Waals surface area (Å²) >= 11 is 0. The monoisotopic (exact) mass is 348 g/mol. The average molecular weight is 348 g/mol. The summed E-state index contributed by atoms with van der Waals surface area (Å²) < 4.78 is 10.1. The molecule has 1 aromatic carbocycles. The zero-order valence-electron chi connectivity index (χ0n) is 15.4. The van der Waals surface area contributed by atoms with Crippen molar-refractivity contribution >= 4 is 18.2 Å². The first-order valence-electron chi connectivity index (χ1n) is 9.02. The quantitative estimate of drug-likeness (QED) is 0.177. The largest absolute Gasteiger partial charge is 0.514 e. The van der Waals surface area contributed by atoms with Gasteiger partial charge >= 0.3 is 6.16 Å². The Morgan fingerprint density at radius 1 is 1.12 bits per heavy atom. The number of carbonyl (C=O) groups excluding carboxylic acids is 3. The number of hydrogen-bond acceptors (Lipinski definition) is 5. The van der Waals surface area contributed by atoms with Gasteiger partial charge in [-0.1, -0.05) is 39.5 Å². The third kappa shape index (κ3) is 7.50. The highest BCUT2D eigenvalue weighted by Crippen LogP contribution is 2.21. The van der Waals surface area contributed by atoms with Gasteiger partial charge in [-0.15, -0.1) is 0 Å². The molecule has 25 heavy (non-hydrogen) atoms. The maximum absolute atomic E-state index is 12.2. The van der Waals surface area contributed by atoms with Crippen LogP contribution in [0.4, 0.5) is 4.79 Å². The minimum Gasteiger partial charge on any atom is -0.431 e. The van der Waals surface area contributed by atoms with Gasteiger partial charge in [-0.25, -0.2) is 4.79 Å². The Morgan fingerprint density at radius 2 is 1.84 bits per heavy atom. The van der Waals surface area contributed by atoms with E-state index in [0.29, 0.717) is 24.7 Å². The van der Waals surface area contributed by atoms with Crippen LogP contribution in [0, 0.1) is 0 Å². The predicted octanol–water partition coefficient (Wildman–Crippen LogP) is 5.36. The van der Waals surface area contributed by atoms with Gasteiger partial charge in [-0.05, 0) is 38.0 Å². The fourth-order valence-electron chi connectivity index (χ4n) is 2.30. The first kappa shape index (κ1) is 20.9. The standard InChI is InChI=1S/C20H28O5/c1-4-6-7-8-9-10-18(22)16-11-12-19(17(13-16)14-21)25-20(23)24-15(3)5-2/h11-15H,4-10H2,1-3H3. The summed E-state index contributed by atoms with van der Waals surface area (Å²) in [6.45, 7) is 5.79. The summed E-state index contributed by atoms with van der Waals surface area (Å²) in [7, 11) is 0. The lowest BCUT2D eigenvalue weighted by atomic mass is 10.0. The van der Waals surface area contributed by atoms with Crippen molar-refractivity contribution in [3.8, 4) is 5.75 Å². The van der Waals surface area contributed by atoms with Gasteiger partial charge in [0.1, 0.15) is 11.9 Å². The summed E-state index contributed by atoms with van der Waals surface area (Å²) in [6, 6.07) is 4.51. The summed E-state index contributed by atoms with van der Waals surface area (Å²) in [5.41, 5.74) is 0.623. The van der Waals surface area contributed by atoms with E-state index in [9.17, 15) is 14.4 Å². The third-order valence-electron chi connectivity index (χ3n) is 4.03. The third-order valence-corrected chi connectivity index (χ3v) is 4.03. The molecule has 0 amide bonds. The van der Waals surface area contributed by atoms with Crippen LogP contribution >= 0.6 is 0 Å². The van der Waals surface area contributed by atoms with E-state index in [1.807, 2.05) is 6.92 Å². The van der Waals surface area contributed by atoms with Gasteiger partial charge < -0.3 is 9.47 Å². The summed E-state index contributed by atoms with van der Waals surface area (Å²) in [5, 5.41) is 0. The number of ether oxygens (including phenoxy) is 2. The Balaban J connectivity index is 2.66. The highest BCUT2D eigenvalue weighted by molar-refractivity contribution is 5.98. The van der Waals surface area contributed by atoms with Crippen LogP contribution in [0.1, 0.15) is 86.4 Å². The minimum atomic E-state index is -0.854. The fourth-order valence-corrected chi connectivity index (χ4v) is 2.30. The summed E-state index contributed by atoms with van der Waals surface area (Å²) in [4.78, 5) is 35.1. The first-order valence-corrected chi connectivity index (χ1v) is 9.02. The van der Waals surface area contributed by atoms with E-state index in [0.717, 1.165) is 25.7 Å². The lowest BCUT2D eigenvalue weighted by Gasteiger charge is -2.12. The molecule has 1 rings (SSSR count). The van der Waals surface area contributed by atoms with Crippen molar-refractivity contribution in [2.24, 2.45) is 0 Å². The van der Waals surface area contributed by atoms with Gasteiger partial charge in [0.05, 0.1) is 5.56 Å². The SMILES string of the molecule is CCCCCCCC(=O)c1ccc(OC(=O)OC(C)CC)c(C=O)c1. The topological polar surface area (TPSA) is 69.7 Å². The molecular formula is C20H28O5. The Kier molecular flexibility index (Phi) is 9.51. The Hall–Kier alpha value is -2.17. The molecule has 0 aliphatic rings. The van der Waals surface area contributed by atoms with Gasteiger partial charge in [0.25, 0.3) is 0 Å². The molecule has 0 radical (unpaired) electrons. The molecular weight excluding hydrogens is 320 g/mol. The van der Waals surface area contributed by atoms with Crippen LogP contribution in [0.3, 0.4) is 0 Å². The van der Waals surface area contributed by atoms with E-state index in [1.165, 1.54) is 18.6 Å². The molecule has 0 aromatic heterocycles. The van der Waals surface area contributed by atoms with Crippen molar-refractivity contribution in [3.05, 3.63) is 29.3 Å². The molecule has 0 bridgehead atoms. The Labute approximate surface area is 149 Å². The van der Waals surface area contributed by atoms with Crippen LogP contribution in [-0.2, 0) is 4.74 Å². The molecule has 1 aromatic rings. The van der Waals surface area contributed by atoms with Crippen molar-refractivity contribution in [1.29, 1.82) is 0 Å². The summed E-state index contributed by atoms with van der Waals surface area (Å²) in [6.07, 6.45) is 5.93. The van der Waals surface area contributed by atoms with E-state index < -0.39 is 6.16 Å². The van der Waals surface area contributed by atoms with Gasteiger partial charge in [-0.3, -0.25) is 9.59 Å². The zero-order chi connectivity index (χ0) is 18.7. The van der Waals surface area contributed by atoms with E-state index >= 15 is 0 Å². The lowest BCUT2D eigenvalue weighted by molar-refractivity contribution is 0.0641. The van der Waals surface area contributed by atoms with Crippen molar-refractivity contribution in [2.45, 2.75) is 71.8 Å². The summed E-state index contributed by atoms with van der Waals surface area (Å²) in [5.74, 6) is 0.0936. The first-order chi connectivity index (χ1) is 12.0. The predicted molar refractivity (Wildman–Crippen MR) is 96.4 cm³/mol. The molecule has 0 heterocycles. The van der Waals surface area contributed by atoms with E-state index in [2.05, 4.69) is 6.92 Å². The second kappa shape index (κ2) is 11.4. The van der Waals surface area contributed by atoms with Crippen molar-refractivity contribution in [2.75, 3.05) is 0 Å². The normalized spacial score (nSPS) is 11.6. The number of benzene rings is 1. The highest BCUT2D eigenvalue weighted by Gasteiger charge is 2.15. The number of carbonyl (C=O) groups is 3. The maximum atomic E-state index is 12.2. The number of Topliss-reactive ketones (excluding diaryl/α,β-unsaturated/α-hetero) is 1. The second-order valence-electron chi connectivity index (χ2n) is 6.15. The molecule has 0 saturated carbocycles. The maximum Gasteiger partial charge on any atom is 0.514 e. The van der Waals surface area contributed by atoms with E-state index in [-0.39, 0.29) is 23.2 Å². The Bertz CT molecular complexity index is 579. The fraction of sp³-hybridized carbons (Fsp3) is 0.550. The van der Waals surface area contributed by atoms with Crippen LogP contribution in [0.15, 0.2) is 18.2 Å². The van der Waals surface area contributed by atoms with Gasteiger partial charge in [0, 0.05) is 12.0 Å². The molecule has 0 aliphatic heterocycles. The smallest absolute Gasteiger partial charge is 0.431 e. The van der Waals surface area contributed by atoms with Crippen molar-refractivity contribution in [1.82, 2.24) is 0 Å². The van der Waals surface area contributed by atoms with Crippen LogP contribution < -0.4 is 4.74 Å². The van der Waals surface area contributed by atoms with Crippen LogP contribution in [-0.4, -0.2) is 24.3 Å². The van der Waals surface area contributed by atoms with Gasteiger partial charge in [0.15, 0.2) is 12.1 Å². The van der Waals surface area contributed by atoms with Gasteiger partial charge in [-0.2, -0.15) is 0 Å². The second-order valence-corrected chi connectivity index (χ2v) is 6.15. The number of aldehydes is 1. The molecule has 0 saturated heterocycles.